The number of methoxy groups -OCH3 is 1. The van der Waals surface area contributed by atoms with E-state index in [1.54, 1.807) is 7.11 Å². The average Bonchev–Trinajstić information content (AvgIpc) is 3.17. The summed E-state index contributed by atoms with van der Waals surface area (Å²) in [6, 6.07) is 12.4. The van der Waals surface area contributed by atoms with Crippen LogP contribution in [-0.2, 0) is 0 Å². The molecule has 0 radical (unpaired) electrons. The molecule has 118 valence electrons. The lowest BCUT2D eigenvalue weighted by atomic mass is 10.2. The topological polar surface area (TPSA) is 43.2 Å². The normalized spacial score (nSPS) is 18.6. The van der Waals surface area contributed by atoms with Crippen molar-refractivity contribution in [3.63, 3.8) is 0 Å². The van der Waals surface area contributed by atoms with E-state index < -0.39 is 0 Å². The molecule has 5 nitrogen and oxygen atoms in total. The van der Waals surface area contributed by atoms with E-state index in [4.69, 9.17) is 9.72 Å². The van der Waals surface area contributed by atoms with E-state index in [0.717, 1.165) is 41.4 Å². The molecule has 4 rings (SSSR count). The van der Waals surface area contributed by atoms with Crippen LogP contribution in [0.1, 0.15) is 24.7 Å². The highest BCUT2D eigenvalue weighted by atomic mass is 16.5. The first-order chi connectivity index (χ1) is 11.3. The zero-order chi connectivity index (χ0) is 15.8. The summed E-state index contributed by atoms with van der Waals surface area (Å²) < 4.78 is 7.56. The smallest absolute Gasteiger partial charge is 0.164 e. The number of fused-ring (bicyclic) bond motifs is 1. The van der Waals surface area contributed by atoms with Gasteiger partial charge in [0.2, 0.25) is 0 Å². The minimum absolute atomic E-state index is 0.329. The van der Waals surface area contributed by atoms with Crippen LogP contribution in [0, 0.1) is 0 Å². The van der Waals surface area contributed by atoms with Crippen LogP contribution in [0.2, 0.25) is 0 Å². The molecule has 1 unspecified atom stereocenters. The molecule has 0 saturated carbocycles. The van der Waals surface area contributed by atoms with Crippen LogP contribution in [0.5, 0.6) is 5.75 Å². The van der Waals surface area contributed by atoms with Crippen molar-refractivity contribution in [1.82, 2.24) is 19.4 Å². The van der Waals surface area contributed by atoms with Crippen molar-refractivity contribution in [2.75, 3.05) is 20.7 Å². The molecule has 0 aliphatic carbocycles. The molecule has 0 spiro atoms. The van der Waals surface area contributed by atoms with Gasteiger partial charge in [-0.15, -0.1) is 0 Å². The number of nitrogens with zero attached hydrogens (tertiary/aromatic N) is 4. The quantitative estimate of drug-likeness (QED) is 0.745. The number of aromatic nitrogens is 3. The maximum Gasteiger partial charge on any atom is 0.164 e. The van der Waals surface area contributed by atoms with Crippen LogP contribution in [0.15, 0.2) is 42.6 Å². The third-order valence-electron chi connectivity index (χ3n) is 4.57. The molecule has 0 bridgehead atoms. The van der Waals surface area contributed by atoms with Gasteiger partial charge in [-0.3, -0.25) is 9.47 Å². The highest BCUT2D eigenvalue weighted by Crippen LogP contribution is 2.33. The summed E-state index contributed by atoms with van der Waals surface area (Å²) in [7, 11) is 3.86. The molecule has 0 N–H and O–H groups in total. The van der Waals surface area contributed by atoms with E-state index in [2.05, 4.69) is 27.6 Å². The van der Waals surface area contributed by atoms with Crippen molar-refractivity contribution in [2.45, 2.75) is 18.9 Å². The minimum Gasteiger partial charge on any atom is -0.497 e. The second-order valence-corrected chi connectivity index (χ2v) is 5.99. The van der Waals surface area contributed by atoms with Crippen LogP contribution < -0.4 is 4.74 Å². The standard InChI is InChI=1S/C18H20N4O/c1-21-11-5-9-16(21)18-20-15-8-4-10-19-17(15)22(18)13-6-3-7-14(12-13)23-2/h3-4,6-8,10,12,16H,5,9,11H2,1-2H3. The van der Waals surface area contributed by atoms with Crippen molar-refractivity contribution >= 4 is 11.2 Å². The highest BCUT2D eigenvalue weighted by Gasteiger charge is 2.28. The Kier molecular flexibility index (Phi) is 3.50. The summed E-state index contributed by atoms with van der Waals surface area (Å²) in [4.78, 5) is 11.8. The third-order valence-corrected chi connectivity index (χ3v) is 4.57. The van der Waals surface area contributed by atoms with Crippen LogP contribution in [-0.4, -0.2) is 40.1 Å². The summed E-state index contributed by atoms with van der Waals surface area (Å²) >= 11 is 0. The number of likely N-dealkylation sites (tertiary alicyclic amines) is 1. The number of benzene rings is 1. The second kappa shape index (κ2) is 5.66. The summed E-state index contributed by atoms with van der Waals surface area (Å²) in [6.07, 6.45) is 4.16. The van der Waals surface area contributed by atoms with Crippen molar-refractivity contribution in [3.05, 3.63) is 48.4 Å². The van der Waals surface area contributed by atoms with Crippen molar-refractivity contribution in [2.24, 2.45) is 0 Å². The second-order valence-electron chi connectivity index (χ2n) is 5.99. The van der Waals surface area contributed by atoms with Gasteiger partial charge in [-0.2, -0.15) is 0 Å². The summed E-state index contributed by atoms with van der Waals surface area (Å²) in [6.45, 7) is 1.11. The number of hydrogen-bond donors (Lipinski definition) is 0. The van der Waals surface area contributed by atoms with Crippen LogP contribution in [0.25, 0.3) is 16.9 Å². The monoisotopic (exact) mass is 308 g/mol. The van der Waals surface area contributed by atoms with Gasteiger partial charge in [0.25, 0.3) is 0 Å². The van der Waals surface area contributed by atoms with Gasteiger partial charge in [0.05, 0.1) is 18.8 Å². The Balaban J connectivity index is 1.95. The fourth-order valence-electron chi connectivity index (χ4n) is 3.39. The Morgan fingerprint density at radius 3 is 2.91 bits per heavy atom. The molecule has 1 atom stereocenters. The zero-order valence-electron chi connectivity index (χ0n) is 13.4. The van der Waals surface area contributed by atoms with E-state index in [-0.39, 0.29) is 0 Å². The Hall–Kier alpha value is -2.40. The molecule has 23 heavy (non-hydrogen) atoms. The van der Waals surface area contributed by atoms with E-state index in [9.17, 15) is 0 Å². The molecule has 1 aliphatic rings. The van der Waals surface area contributed by atoms with E-state index in [1.165, 1.54) is 6.42 Å². The Labute approximate surface area is 135 Å². The predicted molar refractivity (Wildman–Crippen MR) is 90.0 cm³/mol. The largest absolute Gasteiger partial charge is 0.497 e. The van der Waals surface area contributed by atoms with Crippen molar-refractivity contribution in [3.8, 4) is 11.4 Å². The maximum atomic E-state index is 5.39. The molecule has 1 saturated heterocycles. The Morgan fingerprint density at radius 1 is 1.22 bits per heavy atom. The fourth-order valence-corrected chi connectivity index (χ4v) is 3.39. The molecular formula is C18H20N4O. The number of ether oxygens (including phenoxy) is 1. The summed E-state index contributed by atoms with van der Waals surface area (Å²) in [5.74, 6) is 1.90. The first-order valence-electron chi connectivity index (χ1n) is 7.96. The summed E-state index contributed by atoms with van der Waals surface area (Å²) in [5, 5.41) is 0. The SMILES string of the molecule is COc1cccc(-n2c(C3CCCN3C)nc3cccnc32)c1. The van der Waals surface area contributed by atoms with Crippen molar-refractivity contribution in [1.29, 1.82) is 0 Å². The van der Waals surface area contributed by atoms with Gasteiger partial charge in [-0.05, 0) is 50.7 Å². The van der Waals surface area contributed by atoms with Crippen LogP contribution >= 0.6 is 0 Å². The van der Waals surface area contributed by atoms with Gasteiger partial charge in [0, 0.05) is 12.3 Å². The molecule has 3 heterocycles. The third kappa shape index (κ3) is 2.37. The first-order valence-corrected chi connectivity index (χ1v) is 7.96. The molecule has 3 aromatic rings. The maximum absolute atomic E-state index is 5.39. The van der Waals surface area contributed by atoms with E-state index in [0.29, 0.717) is 6.04 Å². The number of imidazole rings is 1. The molecule has 1 fully saturated rings. The lowest BCUT2D eigenvalue weighted by molar-refractivity contribution is 0.304. The van der Waals surface area contributed by atoms with E-state index in [1.807, 2.05) is 36.5 Å². The first kappa shape index (κ1) is 14.2. The van der Waals surface area contributed by atoms with Gasteiger partial charge in [-0.25, -0.2) is 9.97 Å². The number of hydrogen-bond acceptors (Lipinski definition) is 4. The molecule has 1 aliphatic heterocycles. The molecular weight excluding hydrogens is 288 g/mol. The number of pyridine rings is 1. The molecule has 5 heteroatoms. The lowest BCUT2D eigenvalue weighted by Gasteiger charge is -2.20. The van der Waals surface area contributed by atoms with Crippen molar-refractivity contribution < 1.29 is 4.74 Å². The van der Waals surface area contributed by atoms with Gasteiger partial charge < -0.3 is 4.74 Å². The van der Waals surface area contributed by atoms with E-state index >= 15 is 0 Å². The van der Waals surface area contributed by atoms with Gasteiger partial charge in [0.15, 0.2) is 5.65 Å². The molecule has 0 amide bonds. The van der Waals surface area contributed by atoms with Gasteiger partial charge >= 0.3 is 0 Å². The predicted octanol–water partition coefficient (Wildman–Crippen LogP) is 3.20. The van der Waals surface area contributed by atoms with Gasteiger partial charge in [0.1, 0.15) is 17.1 Å². The molecule has 1 aromatic carbocycles. The summed E-state index contributed by atoms with van der Waals surface area (Å²) in [5.41, 5.74) is 2.88. The lowest BCUT2D eigenvalue weighted by Crippen LogP contribution is -2.20. The minimum atomic E-state index is 0.329. The Morgan fingerprint density at radius 2 is 2.13 bits per heavy atom. The zero-order valence-corrected chi connectivity index (χ0v) is 13.4. The van der Waals surface area contributed by atoms with Crippen LogP contribution in [0.4, 0.5) is 0 Å². The van der Waals surface area contributed by atoms with Gasteiger partial charge in [-0.1, -0.05) is 6.07 Å². The average molecular weight is 308 g/mol. The fraction of sp³-hybridized carbons (Fsp3) is 0.333. The molecule has 2 aromatic heterocycles. The number of rotatable bonds is 3. The van der Waals surface area contributed by atoms with Crippen LogP contribution in [0.3, 0.4) is 0 Å². The Bertz CT molecular complexity index is 842. The highest BCUT2D eigenvalue weighted by molar-refractivity contribution is 5.74.